The molecule has 0 heterocycles. The Morgan fingerprint density at radius 2 is 1.02 bits per heavy atom. The summed E-state index contributed by atoms with van der Waals surface area (Å²) in [5.74, 6) is 1.02. The standard InChI is InChI=1S/C39H44O6/c1-2-3-4-5-6-7-8-9-10-14-28-42-34-24-20-32(21-25-34)38(40)44-35-26-22-33(23-27-35)39(41)45-37-19-15-18-36(29-37)43-30-31-16-12-11-13-17-31/h11-13,15-27,29H,2-10,14,28,30H2,1H3. The highest BCUT2D eigenvalue weighted by Crippen LogP contribution is 2.23. The van der Waals surface area contributed by atoms with Gasteiger partial charge in [-0.15, -0.1) is 0 Å². The summed E-state index contributed by atoms with van der Waals surface area (Å²) in [6, 6.07) is 30.0. The van der Waals surface area contributed by atoms with Crippen molar-refractivity contribution in [1.82, 2.24) is 0 Å². The van der Waals surface area contributed by atoms with Crippen molar-refractivity contribution in [3.63, 3.8) is 0 Å². The van der Waals surface area contributed by atoms with Crippen LogP contribution in [0, 0.1) is 0 Å². The zero-order chi connectivity index (χ0) is 31.5. The fourth-order valence-corrected chi connectivity index (χ4v) is 4.83. The Bertz CT molecular complexity index is 1430. The van der Waals surface area contributed by atoms with Gasteiger partial charge in [0.1, 0.15) is 29.6 Å². The largest absolute Gasteiger partial charge is 0.494 e. The molecule has 0 unspecified atom stereocenters. The summed E-state index contributed by atoms with van der Waals surface area (Å²) in [7, 11) is 0. The van der Waals surface area contributed by atoms with Crippen LogP contribution in [-0.2, 0) is 6.61 Å². The normalized spacial score (nSPS) is 10.7. The molecule has 0 N–H and O–H groups in total. The number of benzene rings is 4. The van der Waals surface area contributed by atoms with Crippen LogP contribution in [0.5, 0.6) is 23.0 Å². The number of carbonyl (C=O) groups excluding carboxylic acids is 2. The van der Waals surface area contributed by atoms with Gasteiger partial charge in [-0.25, -0.2) is 9.59 Å². The van der Waals surface area contributed by atoms with Crippen LogP contribution in [0.25, 0.3) is 0 Å². The summed E-state index contributed by atoms with van der Waals surface area (Å²) in [4.78, 5) is 25.4. The van der Waals surface area contributed by atoms with E-state index in [9.17, 15) is 9.59 Å². The molecule has 0 fully saturated rings. The first-order valence-corrected chi connectivity index (χ1v) is 16.1. The summed E-state index contributed by atoms with van der Waals surface area (Å²) in [6.07, 6.45) is 12.8. The topological polar surface area (TPSA) is 71.1 Å². The van der Waals surface area contributed by atoms with E-state index >= 15 is 0 Å². The van der Waals surface area contributed by atoms with Gasteiger partial charge >= 0.3 is 11.9 Å². The number of hydrogen-bond donors (Lipinski definition) is 0. The third-order valence-electron chi connectivity index (χ3n) is 7.42. The van der Waals surface area contributed by atoms with E-state index in [1.807, 2.05) is 36.4 Å². The fraction of sp³-hybridized carbons (Fsp3) is 0.333. The minimum atomic E-state index is -0.526. The van der Waals surface area contributed by atoms with Crippen LogP contribution in [0.3, 0.4) is 0 Å². The molecule has 4 rings (SSSR count). The predicted octanol–water partition coefficient (Wildman–Crippen LogP) is 10.0. The first-order chi connectivity index (χ1) is 22.1. The van der Waals surface area contributed by atoms with Crippen molar-refractivity contribution < 1.29 is 28.5 Å². The molecule has 0 aliphatic carbocycles. The van der Waals surface area contributed by atoms with Crippen molar-refractivity contribution in [3.8, 4) is 23.0 Å². The summed E-state index contributed by atoms with van der Waals surface area (Å²) in [5.41, 5.74) is 1.79. The second-order valence-corrected chi connectivity index (χ2v) is 11.1. The molecule has 0 saturated heterocycles. The first-order valence-electron chi connectivity index (χ1n) is 16.1. The molecule has 236 valence electrons. The number of esters is 2. The maximum Gasteiger partial charge on any atom is 0.343 e. The van der Waals surface area contributed by atoms with E-state index in [2.05, 4.69) is 6.92 Å². The van der Waals surface area contributed by atoms with E-state index in [0.717, 1.165) is 17.7 Å². The molecule has 0 spiro atoms. The number of ether oxygens (including phenoxy) is 4. The quantitative estimate of drug-likeness (QED) is 0.0599. The monoisotopic (exact) mass is 608 g/mol. The Hall–Kier alpha value is -4.58. The maximum absolute atomic E-state index is 12.7. The zero-order valence-electron chi connectivity index (χ0n) is 26.2. The highest BCUT2D eigenvalue weighted by molar-refractivity contribution is 5.92. The van der Waals surface area contributed by atoms with E-state index in [4.69, 9.17) is 18.9 Å². The Balaban J connectivity index is 1.15. The van der Waals surface area contributed by atoms with Gasteiger partial charge in [0, 0.05) is 6.07 Å². The molecule has 0 radical (unpaired) electrons. The smallest absolute Gasteiger partial charge is 0.343 e. The molecule has 45 heavy (non-hydrogen) atoms. The third-order valence-corrected chi connectivity index (χ3v) is 7.42. The molecular weight excluding hydrogens is 564 g/mol. The molecule has 4 aromatic rings. The number of rotatable bonds is 19. The van der Waals surface area contributed by atoms with E-state index < -0.39 is 11.9 Å². The van der Waals surface area contributed by atoms with Crippen LogP contribution in [0.4, 0.5) is 0 Å². The van der Waals surface area contributed by atoms with Crippen molar-refractivity contribution in [2.75, 3.05) is 6.61 Å². The molecule has 4 aromatic carbocycles. The van der Waals surface area contributed by atoms with E-state index in [-0.39, 0.29) is 0 Å². The lowest BCUT2D eigenvalue weighted by Gasteiger charge is -2.09. The molecule has 0 bridgehead atoms. The minimum absolute atomic E-state index is 0.328. The van der Waals surface area contributed by atoms with Gasteiger partial charge in [-0.2, -0.15) is 0 Å². The summed E-state index contributed by atoms with van der Waals surface area (Å²) in [6.45, 7) is 3.33. The number of hydrogen-bond acceptors (Lipinski definition) is 6. The van der Waals surface area contributed by atoms with Crippen molar-refractivity contribution >= 4 is 11.9 Å². The van der Waals surface area contributed by atoms with Crippen LogP contribution in [-0.4, -0.2) is 18.5 Å². The Labute approximate surface area is 267 Å². The molecular formula is C39H44O6. The average Bonchev–Trinajstić information content (AvgIpc) is 3.07. The fourth-order valence-electron chi connectivity index (χ4n) is 4.83. The minimum Gasteiger partial charge on any atom is -0.494 e. The SMILES string of the molecule is CCCCCCCCCCCCOc1ccc(C(=O)Oc2ccc(C(=O)Oc3cccc(OCc4ccccc4)c3)cc2)cc1. The van der Waals surface area contributed by atoms with Gasteiger partial charge in [0.2, 0.25) is 0 Å². The molecule has 6 heteroatoms. The van der Waals surface area contributed by atoms with Crippen LogP contribution in [0.15, 0.2) is 103 Å². The Kier molecular flexibility index (Phi) is 14.0. The lowest BCUT2D eigenvalue weighted by atomic mass is 10.1. The first kappa shape index (κ1) is 33.3. The van der Waals surface area contributed by atoms with Gasteiger partial charge in [-0.1, -0.05) is 101 Å². The van der Waals surface area contributed by atoms with Crippen LogP contribution in [0.1, 0.15) is 97.4 Å². The van der Waals surface area contributed by atoms with Gasteiger partial charge in [0.15, 0.2) is 0 Å². The van der Waals surface area contributed by atoms with Crippen molar-refractivity contribution in [2.24, 2.45) is 0 Å². The highest BCUT2D eigenvalue weighted by Gasteiger charge is 2.12. The van der Waals surface area contributed by atoms with Gasteiger partial charge in [-0.05, 0) is 72.6 Å². The third kappa shape index (κ3) is 12.1. The van der Waals surface area contributed by atoms with Gasteiger partial charge in [-0.3, -0.25) is 0 Å². The molecule has 0 saturated carbocycles. The number of unbranched alkanes of at least 4 members (excludes halogenated alkanes) is 9. The summed E-state index contributed by atoms with van der Waals surface area (Å²) >= 11 is 0. The van der Waals surface area contributed by atoms with Gasteiger partial charge in [0.05, 0.1) is 17.7 Å². The molecule has 0 aromatic heterocycles. The second-order valence-electron chi connectivity index (χ2n) is 11.1. The lowest BCUT2D eigenvalue weighted by Crippen LogP contribution is -2.10. The summed E-state index contributed by atoms with van der Waals surface area (Å²) < 4.78 is 22.7. The molecule has 0 aliphatic heterocycles. The number of carbonyl (C=O) groups is 2. The van der Waals surface area contributed by atoms with Crippen molar-refractivity contribution in [3.05, 3.63) is 120 Å². The molecule has 0 amide bonds. The van der Waals surface area contributed by atoms with Crippen LogP contribution >= 0.6 is 0 Å². The molecule has 0 aliphatic rings. The predicted molar refractivity (Wildman–Crippen MR) is 177 cm³/mol. The van der Waals surface area contributed by atoms with Crippen molar-refractivity contribution in [2.45, 2.75) is 77.7 Å². The summed E-state index contributed by atoms with van der Waals surface area (Å²) in [5, 5.41) is 0. The second kappa shape index (κ2) is 18.9. The van der Waals surface area contributed by atoms with Crippen LogP contribution < -0.4 is 18.9 Å². The van der Waals surface area contributed by atoms with E-state index in [0.29, 0.717) is 41.6 Å². The highest BCUT2D eigenvalue weighted by atomic mass is 16.5. The van der Waals surface area contributed by atoms with Crippen molar-refractivity contribution in [1.29, 1.82) is 0 Å². The van der Waals surface area contributed by atoms with E-state index in [1.165, 1.54) is 57.8 Å². The Morgan fingerprint density at radius 3 is 1.64 bits per heavy atom. The zero-order valence-corrected chi connectivity index (χ0v) is 26.2. The molecule has 6 nitrogen and oxygen atoms in total. The lowest BCUT2D eigenvalue weighted by molar-refractivity contribution is 0.0730. The van der Waals surface area contributed by atoms with Gasteiger partial charge < -0.3 is 18.9 Å². The van der Waals surface area contributed by atoms with Crippen LogP contribution in [0.2, 0.25) is 0 Å². The van der Waals surface area contributed by atoms with Gasteiger partial charge in [0.25, 0.3) is 0 Å². The molecule has 0 atom stereocenters. The maximum atomic E-state index is 12.7. The van der Waals surface area contributed by atoms with E-state index in [1.54, 1.807) is 66.7 Å². The average molecular weight is 609 g/mol. The Morgan fingerprint density at radius 1 is 0.489 bits per heavy atom.